The number of nitrogens with zero attached hydrogens (tertiary/aromatic N) is 2. The van der Waals surface area contributed by atoms with E-state index >= 15 is 0 Å². The van der Waals surface area contributed by atoms with Crippen LogP contribution in [0.3, 0.4) is 0 Å². The van der Waals surface area contributed by atoms with Gasteiger partial charge in [-0.15, -0.1) is 0 Å². The van der Waals surface area contributed by atoms with Crippen molar-refractivity contribution in [1.29, 1.82) is 0 Å². The first-order chi connectivity index (χ1) is 9.92. The summed E-state index contributed by atoms with van der Waals surface area (Å²) < 4.78 is 31.0. The van der Waals surface area contributed by atoms with Gasteiger partial charge in [-0.05, 0) is 25.8 Å². The number of carbonyl (C=O) groups excluding carboxylic acids is 1. The average molecular weight is 313 g/mol. The van der Waals surface area contributed by atoms with Gasteiger partial charge in [-0.2, -0.15) is 4.31 Å². The third-order valence-electron chi connectivity index (χ3n) is 3.39. The second-order valence-corrected chi connectivity index (χ2v) is 7.14. The van der Waals surface area contributed by atoms with E-state index in [1.54, 1.807) is 13.0 Å². The molecular formula is C13H19N3O4S. The average Bonchev–Trinajstić information content (AvgIpc) is 2.48. The summed E-state index contributed by atoms with van der Waals surface area (Å²) in [6.07, 6.45) is 2.73. The molecule has 1 aromatic heterocycles. The molecule has 1 fully saturated rings. The van der Waals surface area contributed by atoms with Gasteiger partial charge in [0.15, 0.2) is 0 Å². The monoisotopic (exact) mass is 313 g/mol. The highest BCUT2D eigenvalue weighted by Crippen LogP contribution is 2.20. The van der Waals surface area contributed by atoms with Gasteiger partial charge in [0, 0.05) is 18.8 Å². The smallest absolute Gasteiger partial charge is 0.267 e. The Morgan fingerprint density at radius 2 is 2.33 bits per heavy atom. The Kier molecular flexibility index (Phi) is 4.79. The number of primary amides is 1. The van der Waals surface area contributed by atoms with E-state index in [1.807, 2.05) is 0 Å². The van der Waals surface area contributed by atoms with E-state index in [4.69, 9.17) is 10.5 Å². The lowest BCUT2D eigenvalue weighted by Gasteiger charge is -2.31. The van der Waals surface area contributed by atoms with Crippen molar-refractivity contribution in [3.63, 3.8) is 0 Å². The number of nitrogens with two attached hydrogens (primary N) is 1. The number of amides is 1. The number of hydrogen-bond acceptors (Lipinski definition) is 5. The quantitative estimate of drug-likeness (QED) is 0.846. The molecule has 0 aromatic carbocycles. The van der Waals surface area contributed by atoms with Gasteiger partial charge in [-0.1, -0.05) is 0 Å². The Morgan fingerprint density at radius 1 is 1.57 bits per heavy atom. The molecule has 1 aliphatic rings. The van der Waals surface area contributed by atoms with Gasteiger partial charge in [-0.25, -0.2) is 8.42 Å². The molecule has 8 heteroatoms. The van der Waals surface area contributed by atoms with E-state index in [0.717, 1.165) is 12.8 Å². The molecule has 21 heavy (non-hydrogen) atoms. The van der Waals surface area contributed by atoms with Crippen LogP contribution in [0.25, 0.3) is 0 Å². The van der Waals surface area contributed by atoms with Crippen LogP contribution in [0, 0.1) is 0 Å². The summed E-state index contributed by atoms with van der Waals surface area (Å²) in [5.74, 6) is -0.0697. The predicted octanol–water partition coefficient (Wildman–Crippen LogP) is 0.373. The highest BCUT2D eigenvalue weighted by molar-refractivity contribution is 7.89. The number of aromatic nitrogens is 1. The summed E-state index contributed by atoms with van der Waals surface area (Å²) in [6, 6.07) is 3.09. The molecule has 1 atom stereocenters. The lowest BCUT2D eigenvalue weighted by molar-refractivity contribution is 0.0993. The molecule has 0 saturated carbocycles. The van der Waals surface area contributed by atoms with Gasteiger partial charge in [-0.3, -0.25) is 9.78 Å². The highest BCUT2D eigenvalue weighted by atomic mass is 32.2. The Hall–Kier alpha value is -1.67. The van der Waals surface area contributed by atoms with Gasteiger partial charge in [0.25, 0.3) is 5.91 Å². The van der Waals surface area contributed by atoms with Crippen LogP contribution in [0.1, 0.15) is 30.3 Å². The van der Waals surface area contributed by atoms with Crippen LogP contribution in [-0.4, -0.2) is 48.6 Å². The zero-order chi connectivity index (χ0) is 15.5. The summed E-state index contributed by atoms with van der Waals surface area (Å²) in [6.45, 7) is 2.48. The van der Waals surface area contributed by atoms with E-state index in [2.05, 4.69) is 4.98 Å². The molecule has 1 aromatic rings. The lowest BCUT2D eigenvalue weighted by Crippen LogP contribution is -2.44. The minimum atomic E-state index is -3.20. The molecule has 2 heterocycles. The normalized spacial score (nSPS) is 20.1. The molecular weight excluding hydrogens is 294 g/mol. The third kappa shape index (κ3) is 3.92. The Labute approximate surface area is 124 Å². The van der Waals surface area contributed by atoms with Crippen molar-refractivity contribution in [3.05, 3.63) is 24.0 Å². The number of rotatable bonds is 5. The topological polar surface area (TPSA) is 103 Å². The van der Waals surface area contributed by atoms with E-state index in [0.29, 0.717) is 18.8 Å². The molecule has 7 nitrogen and oxygen atoms in total. The minimum absolute atomic E-state index is 0.0841. The first-order valence-corrected chi connectivity index (χ1v) is 8.43. The zero-order valence-electron chi connectivity index (χ0n) is 11.9. The molecule has 0 bridgehead atoms. The SMILES string of the molecule is CCS(=O)(=O)N1CCCC(Oc2ccnc(C(N)=O)c2)C1. The first kappa shape index (κ1) is 15.7. The number of carbonyl (C=O) groups is 1. The second kappa shape index (κ2) is 6.40. The largest absolute Gasteiger partial charge is 0.489 e. The van der Waals surface area contributed by atoms with Crippen LogP contribution >= 0.6 is 0 Å². The van der Waals surface area contributed by atoms with Gasteiger partial charge >= 0.3 is 0 Å². The molecule has 1 aliphatic heterocycles. The number of piperidine rings is 1. The fourth-order valence-corrected chi connectivity index (χ4v) is 3.41. The predicted molar refractivity (Wildman–Crippen MR) is 77.4 cm³/mol. The van der Waals surface area contributed by atoms with E-state index in [9.17, 15) is 13.2 Å². The summed E-state index contributed by atoms with van der Waals surface area (Å²) in [5.41, 5.74) is 5.29. The van der Waals surface area contributed by atoms with Crippen molar-refractivity contribution in [2.45, 2.75) is 25.9 Å². The maximum atomic E-state index is 11.9. The Bertz CT molecular complexity index is 618. The molecule has 0 spiro atoms. The molecule has 116 valence electrons. The van der Waals surface area contributed by atoms with E-state index in [-0.39, 0.29) is 17.6 Å². The maximum absolute atomic E-state index is 11.9. The van der Waals surface area contributed by atoms with Crippen LogP contribution in [-0.2, 0) is 10.0 Å². The lowest BCUT2D eigenvalue weighted by atomic mass is 10.1. The van der Waals surface area contributed by atoms with Crippen molar-refractivity contribution >= 4 is 15.9 Å². The van der Waals surface area contributed by atoms with E-state index < -0.39 is 15.9 Å². The van der Waals surface area contributed by atoms with Gasteiger partial charge < -0.3 is 10.5 Å². The fraction of sp³-hybridized carbons (Fsp3) is 0.538. The van der Waals surface area contributed by atoms with Crippen molar-refractivity contribution < 1.29 is 17.9 Å². The van der Waals surface area contributed by atoms with Crippen molar-refractivity contribution in [2.24, 2.45) is 5.73 Å². The summed E-state index contributed by atoms with van der Waals surface area (Å²) >= 11 is 0. The van der Waals surface area contributed by atoms with Crippen LogP contribution in [0.2, 0.25) is 0 Å². The molecule has 2 rings (SSSR count). The highest BCUT2D eigenvalue weighted by Gasteiger charge is 2.28. The van der Waals surface area contributed by atoms with Gasteiger partial charge in [0.05, 0.1) is 12.3 Å². The Balaban J connectivity index is 2.06. The van der Waals surface area contributed by atoms with Gasteiger partial charge in [0.1, 0.15) is 17.5 Å². The number of hydrogen-bond donors (Lipinski definition) is 1. The summed E-state index contributed by atoms with van der Waals surface area (Å²) in [5, 5.41) is 0. The summed E-state index contributed by atoms with van der Waals surface area (Å²) in [7, 11) is -3.20. The van der Waals surface area contributed by atoms with Crippen LogP contribution in [0.15, 0.2) is 18.3 Å². The second-order valence-electron chi connectivity index (χ2n) is 4.88. The molecule has 2 N–H and O–H groups in total. The fourth-order valence-electron chi connectivity index (χ4n) is 2.25. The minimum Gasteiger partial charge on any atom is -0.489 e. The van der Waals surface area contributed by atoms with Crippen molar-refractivity contribution in [1.82, 2.24) is 9.29 Å². The van der Waals surface area contributed by atoms with Crippen LogP contribution < -0.4 is 10.5 Å². The standard InChI is InChI=1S/C13H19N3O4S/c1-2-21(18,19)16-7-3-4-11(9-16)20-10-5-6-15-12(8-10)13(14)17/h5-6,8,11H,2-4,7,9H2,1H3,(H2,14,17). The number of ether oxygens (including phenoxy) is 1. The summed E-state index contributed by atoms with van der Waals surface area (Å²) in [4.78, 5) is 14.9. The molecule has 1 saturated heterocycles. The Morgan fingerprint density at radius 3 is 3.00 bits per heavy atom. The third-order valence-corrected chi connectivity index (χ3v) is 5.23. The maximum Gasteiger partial charge on any atom is 0.267 e. The number of sulfonamides is 1. The molecule has 0 radical (unpaired) electrons. The zero-order valence-corrected chi connectivity index (χ0v) is 12.7. The van der Waals surface area contributed by atoms with Crippen molar-refractivity contribution in [3.8, 4) is 5.75 Å². The van der Waals surface area contributed by atoms with Crippen molar-refractivity contribution in [2.75, 3.05) is 18.8 Å². The molecule has 1 unspecified atom stereocenters. The number of pyridine rings is 1. The van der Waals surface area contributed by atoms with Crippen LogP contribution in [0.5, 0.6) is 5.75 Å². The molecule has 0 aliphatic carbocycles. The van der Waals surface area contributed by atoms with E-state index in [1.165, 1.54) is 16.6 Å². The van der Waals surface area contributed by atoms with Gasteiger partial charge in [0.2, 0.25) is 10.0 Å². The van der Waals surface area contributed by atoms with Crippen LogP contribution in [0.4, 0.5) is 0 Å². The first-order valence-electron chi connectivity index (χ1n) is 6.82. The molecule has 1 amide bonds.